The van der Waals surface area contributed by atoms with E-state index in [0.717, 1.165) is 23.1 Å². The molecule has 8 fully saturated rings. The second kappa shape index (κ2) is 25.8. The molecule has 14 atom stereocenters. The summed E-state index contributed by atoms with van der Waals surface area (Å²) >= 11 is 0. The van der Waals surface area contributed by atoms with Gasteiger partial charge in [0.2, 0.25) is 23.9 Å². The summed E-state index contributed by atoms with van der Waals surface area (Å²) in [6, 6.07) is 26.1. The number of rotatable bonds is 18. The smallest absolute Gasteiger partial charge is 0.407 e. The Balaban J connectivity index is 0.612. The van der Waals surface area contributed by atoms with E-state index in [1.54, 1.807) is 42.5 Å². The summed E-state index contributed by atoms with van der Waals surface area (Å²) in [6.45, 7) is 2.93. The summed E-state index contributed by atoms with van der Waals surface area (Å²) in [4.78, 5) is 107. The number of para-hydroxylation sites is 1. The van der Waals surface area contributed by atoms with E-state index < -0.39 is 138 Å². The molecule has 9 N–H and O–H groups in total. The van der Waals surface area contributed by atoms with Crippen molar-refractivity contribution in [2.24, 2.45) is 28.6 Å². The van der Waals surface area contributed by atoms with E-state index in [-0.39, 0.29) is 67.7 Å². The fourth-order valence-corrected chi connectivity index (χ4v) is 16.8. The summed E-state index contributed by atoms with van der Waals surface area (Å²) in [5.41, 5.74) is 1.29. The van der Waals surface area contributed by atoms with Crippen molar-refractivity contribution in [2.45, 2.75) is 164 Å². The Labute approximate surface area is 552 Å². The minimum atomic E-state index is -2.02. The van der Waals surface area contributed by atoms with Gasteiger partial charge < -0.3 is 79.9 Å². The first-order chi connectivity index (χ1) is 45.9. The van der Waals surface area contributed by atoms with Crippen molar-refractivity contribution in [1.82, 2.24) is 10.6 Å². The topological polar surface area (TPSA) is 353 Å². The van der Waals surface area contributed by atoms with Crippen LogP contribution in [0.3, 0.4) is 0 Å². The van der Waals surface area contributed by atoms with Crippen LogP contribution in [0.4, 0.5) is 16.2 Å². The monoisotopic (exact) mass is 1320 g/mol. The zero-order valence-electron chi connectivity index (χ0n) is 52.9. The van der Waals surface area contributed by atoms with E-state index in [1.807, 2.05) is 55.5 Å². The van der Waals surface area contributed by atoms with Gasteiger partial charge in [-0.25, -0.2) is 9.59 Å². The Morgan fingerprint density at radius 2 is 1.56 bits per heavy atom. The van der Waals surface area contributed by atoms with Gasteiger partial charge in [-0.05, 0) is 122 Å². The molecule has 0 spiro atoms. The molecule has 4 aromatic carbocycles. The molecule has 24 nitrogen and oxygen atoms in total. The molecule has 24 heteroatoms. The molecule has 2 bridgehead atoms. The summed E-state index contributed by atoms with van der Waals surface area (Å²) in [7, 11) is 0. The van der Waals surface area contributed by atoms with Crippen molar-refractivity contribution in [1.29, 1.82) is 0 Å². The molecule has 96 heavy (non-hydrogen) atoms. The van der Waals surface area contributed by atoms with Crippen LogP contribution in [0.15, 0.2) is 115 Å². The van der Waals surface area contributed by atoms with Crippen LogP contribution in [0.1, 0.15) is 118 Å². The molecular formula is C72H76N4O20. The molecule has 14 rings (SSSR count). The number of ketones is 3. The average Bonchev–Trinajstić information content (AvgIpc) is 1.49. The van der Waals surface area contributed by atoms with Crippen molar-refractivity contribution >= 4 is 58.5 Å². The highest BCUT2D eigenvalue weighted by Crippen LogP contribution is 2.70. The lowest BCUT2D eigenvalue weighted by molar-refractivity contribution is -0.271. The molecule has 0 unspecified atom stereocenters. The third kappa shape index (κ3) is 12.0. The molecule has 0 radical (unpaired) electrons. The van der Waals surface area contributed by atoms with Crippen LogP contribution in [0.2, 0.25) is 0 Å². The zero-order chi connectivity index (χ0) is 67.6. The lowest BCUT2D eigenvalue weighted by Crippen LogP contribution is -2.63. The van der Waals surface area contributed by atoms with Gasteiger partial charge in [0.15, 0.2) is 29.6 Å². The molecule has 0 aromatic heterocycles. The van der Waals surface area contributed by atoms with Gasteiger partial charge in [0.05, 0.1) is 54.3 Å². The maximum atomic E-state index is 14.1. The molecule has 5 heterocycles. The van der Waals surface area contributed by atoms with Gasteiger partial charge in [0.1, 0.15) is 37.3 Å². The van der Waals surface area contributed by atoms with Crippen LogP contribution in [-0.2, 0) is 76.8 Å². The number of fused-ring (bicyclic) bond motifs is 12. The largest absolute Gasteiger partial charge is 0.479 e. The lowest BCUT2D eigenvalue weighted by atomic mass is 9.46. The van der Waals surface area contributed by atoms with Gasteiger partial charge in [-0.3, -0.25) is 28.8 Å². The number of alkyl carbamates (subject to hydrolysis) is 1. The van der Waals surface area contributed by atoms with Gasteiger partial charge >= 0.3 is 12.1 Å². The molecule has 4 amide bonds. The van der Waals surface area contributed by atoms with Crippen molar-refractivity contribution in [3.63, 3.8) is 0 Å². The minimum Gasteiger partial charge on any atom is -0.479 e. The predicted molar refractivity (Wildman–Crippen MR) is 338 cm³/mol. The fourth-order valence-electron chi connectivity index (χ4n) is 16.8. The van der Waals surface area contributed by atoms with Gasteiger partial charge in [-0.1, -0.05) is 98.0 Å². The molecular weight excluding hydrogens is 1240 g/mol. The summed E-state index contributed by atoms with van der Waals surface area (Å²) in [6.07, 6.45) is -3.79. The van der Waals surface area contributed by atoms with E-state index in [9.17, 15) is 69.0 Å². The third-order valence-corrected chi connectivity index (χ3v) is 21.8. The van der Waals surface area contributed by atoms with Gasteiger partial charge in [-0.15, -0.1) is 0 Å². The molecule has 5 aliphatic heterocycles. The number of aliphatic hydroxyl groups excluding tert-OH is 5. The first-order valence-corrected chi connectivity index (χ1v) is 32.5. The van der Waals surface area contributed by atoms with E-state index >= 15 is 0 Å². The first kappa shape index (κ1) is 66.1. The summed E-state index contributed by atoms with van der Waals surface area (Å²) in [5.74, 6) is 0.0554. The third-order valence-electron chi connectivity index (χ3n) is 21.8. The number of benzene rings is 4. The van der Waals surface area contributed by atoms with Gasteiger partial charge in [0, 0.05) is 52.8 Å². The molecule has 4 aromatic rings. The zero-order valence-corrected chi connectivity index (χ0v) is 52.9. The standard InChI is InChI=1S/C72H76N4O20/c1-68-23-21-46(78)30-45(68)18-19-47-48-31-55-72(54(81)36-77,69(48,2)34-52(80)58(47)68)96-65(94-55)43-14-11-39(12-15-43)33-71-26-24-70(25-27-71,38-92-71)75-67(90)91-37-40-13-20-53(93-66-61(86)59(84)60(85)62(95-66)64(88)89)49(29-40)74-56(82)22-28-73-63(87)51(79)32-57(83)76-35-44-9-4-3-7-41(44)16-17-42-8-5-6-10-50(42)76/h3-15,20-21,23,29-30,47-48,52,55,58-62,65-66,77,80,84-86H,18-19,22,24-28,31-38H2,1-2H3,(H,73,87)(H,74,82)(H,75,90)(H,88,89)/t47-,48-,52-,55+,58+,59-,60-,61+,62-,65+,66+,68-,69-,70?,71?,72+/m0/s1. The number of nitrogens with zero attached hydrogens (tertiary/aromatic N) is 1. The van der Waals surface area contributed by atoms with Crippen molar-refractivity contribution in [3.8, 4) is 17.6 Å². The van der Waals surface area contributed by atoms with Crippen LogP contribution >= 0.6 is 0 Å². The quantitative estimate of drug-likeness (QED) is 0.0377. The molecule has 10 aliphatic rings. The number of aliphatic hydroxyl groups is 5. The number of Topliss-reactive ketones (excluding diaryl/α,β-unsaturated/α-hetero) is 2. The molecule has 4 saturated carbocycles. The maximum Gasteiger partial charge on any atom is 0.407 e. The second-order valence-corrected chi connectivity index (χ2v) is 27.5. The number of carbonyl (C=O) groups excluding carboxylic acids is 7. The normalized spacial score (nSPS) is 33.5. The average molecular weight is 1320 g/mol. The maximum absolute atomic E-state index is 14.1. The fraction of sp³-hybridized carbons (Fsp3) is 0.472. The number of ether oxygens (including phenoxy) is 6. The van der Waals surface area contributed by atoms with Gasteiger partial charge in [-0.2, -0.15) is 0 Å². The number of carboxylic acid groups (broad SMARTS) is 1. The highest BCUT2D eigenvalue weighted by atomic mass is 16.7. The molecule has 5 aliphatic carbocycles. The SMILES string of the molecule is C[C@]12C=CC(=O)C=C1CC[C@@H]1[C@@H]2[C@@H](O)C[C@@]2(C)[C@H]1C[C@H]1O[C@@H](c3ccc(CC45CCC(NC(=O)OCc6ccc(O[C@@H]7O[C@H](C(=O)O)[C@@H](O)[C@H](O)[C@H]7O)c(NC(=O)CCNC(=O)C(=O)CC(=O)N7Cc8ccccc8C#Cc8ccccc87)c6)(CC4)CO5)cc3)O[C@]12C(=O)CO. The van der Waals surface area contributed by atoms with Crippen molar-refractivity contribution in [3.05, 3.63) is 148 Å². The number of carbonyl (C=O) groups is 8. The predicted octanol–water partition coefficient (Wildman–Crippen LogP) is 4.46. The number of amides is 4. The summed E-state index contributed by atoms with van der Waals surface area (Å²) in [5, 5.41) is 71.8. The van der Waals surface area contributed by atoms with E-state index in [4.69, 9.17) is 28.4 Å². The highest BCUT2D eigenvalue weighted by Gasteiger charge is 2.76. The number of anilines is 2. The Morgan fingerprint density at radius 3 is 2.30 bits per heavy atom. The van der Waals surface area contributed by atoms with Crippen LogP contribution in [0.25, 0.3) is 0 Å². The van der Waals surface area contributed by atoms with E-state index in [2.05, 4.69) is 34.7 Å². The summed E-state index contributed by atoms with van der Waals surface area (Å²) < 4.78 is 37.0. The number of allylic oxidation sites excluding steroid dienone is 4. The Morgan fingerprint density at radius 1 is 0.833 bits per heavy atom. The second-order valence-electron chi connectivity index (χ2n) is 27.5. The Kier molecular flexibility index (Phi) is 17.8. The first-order valence-electron chi connectivity index (χ1n) is 32.5. The van der Waals surface area contributed by atoms with E-state index in [0.29, 0.717) is 72.9 Å². The van der Waals surface area contributed by atoms with Crippen molar-refractivity contribution < 1.29 is 97.4 Å². The lowest BCUT2D eigenvalue weighted by Gasteiger charge is -2.59. The van der Waals surface area contributed by atoms with Gasteiger partial charge in [0.25, 0.3) is 5.91 Å². The van der Waals surface area contributed by atoms with Crippen LogP contribution in [0.5, 0.6) is 5.75 Å². The van der Waals surface area contributed by atoms with Crippen LogP contribution in [0, 0.1) is 40.4 Å². The molecule has 4 saturated heterocycles. The van der Waals surface area contributed by atoms with Crippen LogP contribution < -0.4 is 25.6 Å². The number of aliphatic carboxylic acids is 1. The Hall–Kier alpha value is -8.48. The number of nitrogens with one attached hydrogen (secondary N) is 3. The number of hydrogen-bond donors (Lipinski definition) is 9. The van der Waals surface area contributed by atoms with E-state index in [1.165, 1.54) is 23.1 Å². The van der Waals surface area contributed by atoms with Crippen molar-refractivity contribution in [2.75, 3.05) is 30.0 Å². The van der Waals surface area contributed by atoms with Crippen LogP contribution in [-0.4, -0.2) is 157 Å². The number of carboxylic acids is 1. The Bertz CT molecular complexity index is 3930. The number of hydrogen-bond acceptors (Lipinski definition) is 19. The molecule has 504 valence electrons. The highest BCUT2D eigenvalue weighted by molar-refractivity contribution is 6.40. The minimum absolute atomic E-state index is 0.0266.